The van der Waals surface area contributed by atoms with E-state index in [0.717, 1.165) is 50.6 Å². The molecule has 1 aromatic carbocycles. The third-order valence-corrected chi connectivity index (χ3v) is 4.59. The third kappa shape index (κ3) is 5.45. The van der Waals surface area contributed by atoms with Crippen LogP contribution in [0.15, 0.2) is 41.9 Å². The molecule has 1 atom stereocenters. The van der Waals surface area contributed by atoms with Gasteiger partial charge in [0.25, 0.3) is 0 Å². The molecule has 0 amide bonds. The Bertz CT molecular complexity index is 741. The summed E-state index contributed by atoms with van der Waals surface area (Å²) < 4.78 is 8.12. The molecule has 1 aliphatic heterocycles. The molecule has 0 saturated heterocycles. The number of rotatable bonds is 7. The fourth-order valence-corrected chi connectivity index (χ4v) is 3.35. The van der Waals surface area contributed by atoms with Crippen molar-refractivity contribution in [3.8, 4) is 5.75 Å². The maximum Gasteiger partial charge on any atom is 0.191 e. The monoisotopic (exact) mass is 370 g/mol. The zero-order chi connectivity index (χ0) is 19.1. The Morgan fingerprint density at radius 2 is 2.04 bits per heavy atom. The average molecular weight is 371 g/mol. The minimum absolute atomic E-state index is 0.180. The van der Waals surface area contributed by atoms with Gasteiger partial charge in [0.2, 0.25) is 0 Å². The first-order valence-electron chi connectivity index (χ1n) is 9.72. The van der Waals surface area contributed by atoms with Crippen molar-refractivity contribution in [2.45, 2.75) is 58.2 Å². The summed E-state index contributed by atoms with van der Waals surface area (Å²) in [6.07, 6.45) is 6.46. The number of aryl methyl sites for hydroxylation is 1. The van der Waals surface area contributed by atoms with Gasteiger partial charge < -0.3 is 19.9 Å². The van der Waals surface area contributed by atoms with Crippen molar-refractivity contribution in [3.05, 3.63) is 42.5 Å². The highest BCUT2D eigenvalue weighted by Crippen LogP contribution is 2.39. The number of para-hydroxylation sites is 1. The summed E-state index contributed by atoms with van der Waals surface area (Å²) in [6.45, 7) is 8.89. The van der Waals surface area contributed by atoms with Gasteiger partial charge in [-0.2, -0.15) is 0 Å². The van der Waals surface area contributed by atoms with Crippen LogP contribution in [0.1, 0.15) is 51.6 Å². The number of ether oxygens (including phenoxy) is 1. The molecule has 7 nitrogen and oxygen atoms in total. The summed E-state index contributed by atoms with van der Waals surface area (Å²) in [6, 6.07) is 8.43. The second-order valence-electron chi connectivity index (χ2n) is 7.47. The van der Waals surface area contributed by atoms with Crippen LogP contribution in [-0.4, -0.2) is 39.4 Å². The van der Waals surface area contributed by atoms with E-state index in [-0.39, 0.29) is 11.6 Å². The Morgan fingerprint density at radius 3 is 2.81 bits per heavy atom. The van der Waals surface area contributed by atoms with Gasteiger partial charge in [-0.3, -0.25) is 4.99 Å². The number of hydrogen-bond donors (Lipinski definition) is 2. The smallest absolute Gasteiger partial charge is 0.191 e. The number of aliphatic imine (C=N–C) groups is 1. The lowest BCUT2D eigenvalue weighted by molar-refractivity contribution is 0.0694. The molecular formula is C20H30N6O. The quantitative estimate of drug-likeness (QED) is 0.445. The van der Waals surface area contributed by atoms with E-state index in [1.165, 1.54) is 5.56 Å². The zero-order valence-corrected chi connectivity index (χ0v) is 16.5. The predicted octanol–water partition coefficient (Wildman–Crippen LogP) is 2.92. The number of nitrogens with zero attached hydrogens (tertiary/aromatic N) is 4. The molecule has 0 fully saturated rings. The lowest BCUT2D eigenvalue weighted by Crippen LogP contribution is -2.45. The molecule has 7 heteroatoms. The summed E-state index contributed by atoms with van der Waals surface area (Å²) >= 11 is 0. The van der Waals surface area contributed by atoms with Gasteiger partial charge in [-0.1, -0.05) is 18.2 Å². The van der Waals surface area contributed by atoms with Gasteiger partial charge in [0, 0.05) is 31.6 Å². The predicted molar refractivity (Wildman–Crippen MR) is 107 cm³/mol. The van der Waals surface area contributed by atoms with Gasteiger partial charge in [0.1, 0.15) is 24.0 Å². The number of unbranched alkanes of at least 4 members (excludes halogenated alkanes) is 1. The SMILES string of the molecule is CCNC(=NCCCCn1cnnc1)NC1CC(C)(C)Oc2ccccc21. The van der Waals surface area contributed by atoms with Crippen LogP contribution in [0.25, 0.3) is 0 Å². The molecule has 2 N–H and O–H groups in total. The Labute approximate surface area is 161 Å². The van der Waals surface area contributed by atoms with Crippen LogP contribution in [0.2, 0.25) is 0 Å². The van der Waals surface area contributed by atoms with Crippen molar-refractivity contribution < 1.29 is 4.74 Å². The largest absolute Gasteiger partial charge is 0.487 e. The first kappa shape index (κ1) is 19.2. The number of guanidine groups is 1. The number of fused-ring (bicyclic) bond motifs is 1. The van der Waals surface area contributed by atoms with Crippen LogP contribution in [0.5, 0.6) is 5.75 Å². The topological polar surface area (TPSA) is 76.4 Å². The van der Waals surface area contributed by atoms with Crippen molar-refractivity contribution in [2.75, 3.05) is 13.1 Å². The van der Waals surface area contributed by atoms with Crippen molar-refractivity contribution in [3.63, 3.8) is 0 Å². The van der Waals surface area contributed by atoms with Crippen LogP contribution in [-0.2, 0) is 6.54 Å². The summed E-state index contributed by atoms with van der Waals surface area (Å²) in [5.41, 5.74) is 0.984. The highest BCUT2D eigenvalue weighted by Gasteiger charge is 2.33. The van der Waals surface area contributed by atoms with Crippen LogP contribution in [0.3, 0.4) is 0 Å². The molecule has 0 spiro atoms. The van der Waals surface area contributed by atoms with Crippen molar-refractivity contribution in [1.29, 1.82) is 0 Å². The normalized spacial score (nSPS) is 18.5. The molecule has 3 rings (SSSR count). The standard InChI is InChI=1S/C20H30N6O/c1-4-21-19(22-11-7-8-12-26-14-23-24-15-26)25-17-13-20(2,3)27-18-10-6-5-9-16(17)18/h5-6,9-10,14-15,17H,4,7-8,11-13H2,1-3H3,(H2,21,22,25). The number of nitrogens with one attached hydrogen (secondary N) is 2. The van der Waals surface area contributed by atoms with Gasteiger partial charge in [-0.25, -0.2) is 0 Å². The molecule has 27 heavy (non-hydrogen) atoms. The van der Waals surface area contributed by atoms with Crippen LogP contribution in [0, 0.1) is 0 Å². The number of aromatic nitrogens is 3. The maximum absolute atomic E-state index is 6.13. The van der Waals surface area contributed by atoms with Crippen LogP contribution >= 0.6 is 0 Å². The van der Waals surface area contributed by atoms with E-state index in [4.69, 9.17) is 9.73 Å². The molecular weight excluding hydrogens is 340 g/mol. The highest BCUT2D eigenvalue weighted by atomic mass is 16.5. The van der Waals surface area contributed by atoms with E-state index in [1.54, 1.807) is 12.7 Å². The minimum Gasteiger partial charge on any atom is -0.487 e. The molecule has 0 aliphatic carbocycles. The summed E-state index contributed by atoms with van der Waals surface area (Å²) in [5, 5.41) is 14.6. The molecule has 2 aromatic rings. The second-order valence-corrected chi connectivity index (χ2v) is 7.47. The Kier molecular flexibility index (Phi) is 6.32. The van der Waals surface area contributed by atoms with E-state index in [1.807, 2.05) is 16.7 Å². The molecule has 0 saturated carbocycles. The minimum atomic E-state index is -0.206. The number of benzene rings is 1. The van der Waals surface area contributed by atoms with Gasteiger partial charge in [0.05, 0.1) is 6.04 Å². The van der Waals surface area contributed by atoms with Gasteiger partial charge in [0.15, 0.2) is 5.96 Å². The fraction of sp³-hybridized carbons (Fsp3) is 0.550. The maximum atomic E-state index is 6.13. The first-order chi connectivity index (χ1) is 13.1. The number of hydrogen-bond acceptors (Lipinski definition) is 4. The third-order valence-electron chi connectivity index (χ3n) is 4.59. The van der Waals surface area contributed by atoms with E-state index < -0.39 is 0 Å². The first-order valence-corrected chi connectivity index (χ1v) is 9.72. The van der Waals surface area contributed by atoms with Crippen molar-refractivity contribution in [1.82, 2.24) is 25.4 Å². The summed E-state index contributed by atoms with van der Waals surface area (Å²) in [5.74, 6) is 1.82. The van der Waals surface area contributed by atoms with Gasteiger partial charge in [-0.05, 0) is 39.7 Å². The summed E-state index contributed by atoms with van der Waals surface area (Å²) in [4.78, 5) is 4.76. The Morgan fingerprint density at radius 1 is 1.26 bits per heavy atom. The molecule has 1 aliphatic rings. The molecule has 0 radical (unpaired) electrons. The van der Waals surface area contributed by atoms with Gasteiger partial charge >= 0.3 is 0 Å². The van der Waals surface area contributed by atoms with Crippen LogP contribution < -0.4 is 15.4 Å². The fourth-order valence-electron chi connectivity index (χ4n) is 3.35. The van der Waals surface area contributed by atoms with Gasteiger partial charge in [-0.15, -0.1) is 10.2 Å². The van der Waals surface area contributed by atoms with E-state index in [9.17, 15) is 0 Å². The Hall–Kier alpha value is -2.57. The molecule has 1 aromatic heterocycles. The average Bonchev–Trinajstić information content (AvgIpc) is 3.14. The Balaban J connectivity index is 1.59. The molecule has 0 bridgehead atoms. The van der Waals surface area contributed by atoms with Crippen LogP contribution in [0.4, 0.5) is 0 Å². The van der Waals surface area contributed by atoms with E-state index in [0.29, 0.717) is 0 Å². The highest BCUT2D eigenvalue weighted by molar-refractivity contribution is 5.80. The molecule has 1 unspecified atom stereocenters. The van der Waals surface area contributed by atoms with E-state index in [2.05, 4.69) is 53.7 Å². The lowest BCUT2D eigenvalue weighted by atomic mass is 9.90. The van der Waals surface area contributed by atoms with E-state index >= 15 is 0 Å². The zero-order valence-electron chi connectivity index (χ0n) is 16.5. The summed E-state index contributed by atoms with van der Waals surface area (Å²) in [7, 11) is 0. The van der Waals surface area contributed by atoms with Crippen molar-refractivity contribution >= 4 is 5.96 Å². The van der Waals surface area contributed by atoms with Crippen molar-refractivity contribution in [2.24, 2.45) is 4.99 Å². The molecule has 146 valence electrons. The lowest BCUT2D eigenvalue weighted by Gasteiger charge is -2.38. The molecule has 2 heterocycles. The second kappa shape index (κ2) is 8.88.